The number of halogens is 1. The minimum atomic E-state index is 0.298. The fraction of sp³-hybridized carbons (Fsp3) is 0.625. The lowest BCUT2D eigenvalue weighted by molar-refractivity contribution is 0.301. The van der Waals surface area contributed by atoms with Crippen molar-refractivity contribution in [3.63, 3.8) is 0 Å². The Balaban J connectivity index is 2.15. The third-order valence-electron chi connectivity index (χ3n) is 3.91. The van der Waals surface area contributed by atoms with Gasteiger partial charge in [-0.3, -0.25) is 0 Å². The predicted octanol–water partition coefficient (Wildman–Crippen LogP) is 4.36. The van der Waals surface area contributed by atoms with Crippen molar-refractivity contribution in [3.8, 4) is 0 Å². The minimum absolute atomic E-state index is 0.298. The van der Waals surface area contributed by atoms with Gasteiger partial charge in [-0.15, -0.1) is 0 Å². The molecule has 1 heterocycles. The molecule has 1 nitrogen and oxygen atoms in total. The third-order valence-corrected chi connectivity index (χ3v) is 4.32. The highest BCUT2D eigenvalue weighted by Gasteiger charge is 2.33. The third kappa shape index (κ3) is 3.27. The quantitative estimate of drug-likeness (QED) is 0.853. The Morgan fingerprint density at radius 2 is 2.17 bits per heavy atom. The molecule has 1 fully saturated rings. The molecule has 0 aliphatic carbocycles. The highest BCUT2D eigenvalue weighted by molar-refractivity contribution is 6.31. The molecule has 0 spiro atoms. The average molecular weight is 266 g/mol. The maximum Gasteiger partial charge on any atom is 0.0437 e. The van der Waals surface area contributed by atoms with E-state index in [1.54, 1.807) is 0 Å². The highest BCUT2D eigenvalue weighted by Crippen LogP contribution is 2.31. The van der Waals surface area contributed by atoms with Crippen molar-refractivity contribution in [2.75, 3.05) is 6.54 Å². The fourth-order valence-electron chi connectivity index (χ4n) is 3.18. The number of benzene rings is 1. The van der Waals surface area contributed by atoms with E-state index in [-0.39, 0.29) is 0 Å². The zero-order valence-electron chi connectivity index (χ0n) is 11.7. The molecule has 100 valence electrons. The molecule has 1 N–H and O–H groups in total. The molecule has 0 radical (unpaired) electrons. The zero-order valence-corrected chi connectivity index (χ0v) is 12.5. The first kappa shape index (κ1) is 13.9. The fourth-order valence-corrected chi connectivity index (χ4v) is 3.39. The lowest BCUT2D eigenvalue weighted by atomic mass is 9.82. The summed E-state index contributed by atoms with van der Waals surface area (Å²) in [6.07, 6.45) is 4.94. The maximum atomic E-state index is 6.23. The number of hydrogen-bond donors (Lipinski definition) is 1. The minimum Gasteiger partial charge on any atom is -0.311 e. The molecular weight excluding hydrogens is 242 g/mol. The molecule has 1 saturated heterocycles. The van der Waals surface area contributed by atoms with Gasteiger partial charge in [-0.1, -0.05) is 37.6 Å². The van der Waals surface area contributed by atoms with Crippen molar-refractivity contribution in [2.45, 2.75) is 52.0 Å². The van der Waals surface area contributed by atoms with E-state index >= 15 is 0 Å². The Morgan fingerprint density at radius 3 is 2.72 bits per heavy atom. The van der Waals surface area contributed by atoms with Gasteiger partial charge in [-0.2, -0.15) is 0 Å². The number of rotatable bonds is 4. The summed E-state index contributed by atoms with van der Waals surface area (Å²) in [5, 5.41) is 4.63. The summed E-state index contributed by atoms with van der Waals surface area (Å²) in [4.78, 5) is 0. The van der Waals surface area contributed by atoms with E-state index in [1.165, 1.54) is 24.8 Å². The van der Waals surface area contributed by atoms with Gasteiger partial charge in [0, 0.05) is 10.6 Å². The maximum absolute atomic E-state index is 6.23. The summed E-state index contributed by atoms with van der Waals surface area (Å²) in [5.74, 6) is 0.733. The Hall–Kier alpha value is -0.530. The largest absolute Gasteiger partial charge is 0.311 e. The molecule has 1 aliphatic rings. The van der Waals surface area contributed by atoms with Crippen LogP contribution in [0.4, 0.5) is 0 Å². The number of nitrogens with one attached hydrogen (secondary N) is 1. The van der Waals surface area contributed by atoms with Crippen LogP contribution in [0.25, 0.3) is 0 Å². The van der Waals surface area contributed by atoms with Crippen LogP contribution in [-0.4, -0.2) is 12.1 Å². The van der Waals surface area contributed by atoms with Crippen LogP contribution in [0.3, 0.4) is 0 Å². The summed E-state index contributed by atoms with van der Waals surface area (Å²) in [5.41, 5.74) is 2.82. The molecule has 0 aromatic heterocycles. The molecule has 1 atom stereocenters. The second-order valence-electron chi connectivity index (χ2n) is 6.17. The zero-order chi connectivity index (χ0) is 13.2. The van der Waals surface area contributed by atoms with Crippen LogP contribution in [0.2, 0.25) is 5.02 Å². The normalized spacial score (nSPS) is 23.8. The van der Waals surface area contributed by atoms with Gasteiger partial charge in [0.05, 0.1) is 0 Å². The first-order valence-electron chi connectivity index (χ1n) is 7.01. The molecule has 1 aromatic rings. The summed E-state index contributed by atoms with van der Waals surface area (Å²) in [7, 11) is 0. The lowest BCUT2D eigenvalue weighted by Crippen LogP contribution is -2.43. The molecule has 1 aliphatic heterocycles. The van der Waals surface area contributed by atoms with Gasteiger partial charge in [0.2, 0.25) is 0 Å². The van der Waals surface area contributed by atoms with E-state index < -0.39 is 0 Å². The smallest absolute Gasteiger partial charge is 0.0437 e. The average Bonchev–Trinajstić information content (AvgIpc) is 2.71. The Bertz CT molecular complexity index is 406. The van der Waals surface area contributed by atoms with Gasteiger partial charge in [0.25, 0.3) is 0 Å². The summed E-state index contributed by atoms with van der Waals surface area (Å²) < 4.78 is 0. The molecule has 0 amide bonds. The van der Waals surface area contributed by atoms with E-state index in [9.17, 15) is 0 Å². The van der Waals surface area contributed by atoms with Crippen molar-refractivity contribution < 1.29 is 0 Å². The molecule has 18 heavy (non-hydrogen) atoms. The molecule has 0 saturated carbocycles. The monoisotopic (exact) mass is 265 g/mol. The first-order chi connectivity index (χ1) is 8.51. The molecular formula is C16H24ClN. The van der Waals surface area contributed by atoms with E-state index in [1.807, 2.05) is 0 Å². The molecule has 1 unspecified atom stereocenters. The summed E-state index contributed by atoms with van der Waals surface area (Å²) in [6.45, 7) is 7.84. The van der Waals surface area contributed by atoms with Gasteiger partial charge in [0.15, 0.2) is 0 Å². The van der Waals surface area contributed by atoms with E-state index in [2.05, 4.69) is 44.3 Å². The Labute approximate surface area is 116 Å². The van der Waals surface area contributed by atoms with E-state index in [4.69, 9.17) is 11.6 Å². The van der Waals surface area contributed by atoms with Crippen LogP contribution in [0, 0.1) is 12.8 Å². The number of aryl methyl sites for hydroxylation is 1. The van der Waals surface area contributed by atoms with Gasteiger partial charge < -0.3 is 5.32 Å². The second kappa shape index (κ2) is 5.63. The van der Waals surface area contributed by atoms with E-state index in [0.717, 1.165) is 29.5 Å². The highest BCUT2D eigenvalue weighted by atomic mass is 35.5. The summed E-state index contributed by atoms with van der Waals surface area (Å²) in [6, 6.07) is 6.50. The Kier molecular flexibility index (Phi) is 4.34. The molecule has 2 rings (SSSR count). The van der Waals surface area contributed by atoms with Crippen LogP contribution in [-0.2, 0) is 6.42 Å². The van der Waals surface area contributed by atoms with E-state index in [0.29, 0.717) is 5.54 Å². The lowest BCUT2D eigenvalue weighted by Gasteiger charge is -2.32. The summed E-state index contributed by atoms with van der Waals surface area (Å²) >= 11 is 6.23. The van der Waals surface area contributed by atoms with Crippen LogP contribution < -0.4 is 5.32 Å². The molecule has 2 heteroatoms. The number of hydrogen-bond acceptors (Lipinski definition) is 1. The van der Waals surface area contributed by atoms with Gasteiger partial charge in [-0.25, -0.2) is 0 Å². The van der Waals surface area contributed by atoms with Gasteiger partial charge in [0.1, 0.15) is 0 Å². The van der Waals surface area contributed by atoms with Crippen molar-refractivity contribution in [3.05, 3.63) is 34.3 Å². The first-order valence-corrected chi connectivity index (χ1v) is 7.39. The van der Waals surface area contributed by atoms with Crippen LogP contribution in [0.5, 0.6) is 0 Å². The SMILES string of the molecule is Cc1ccc(CC2(CC(C)C)CCCN2)cc1Cl. The van der Waals surface area contributed by atoms with Crippen LogP contribution in [0.15, 0.2) is 18.2 Å². The van der Waals surface area contributed by atoms with Crippen molar-refractivity contribution in [1.82, 2.24) is 5.32 Å². The van der Waals surface area contributed by atoms with Crippen molar-refractivity contribution in [2.24, 2.45) is 5.92 Å². The standard InChI is InChI=1S/C16H24ClN/c1-12(2)10-16(7-4-8-18-16)11-14-6-5-13(3)15(17)9-14/h5-6,9,12,18H,4,7-8,10-11H2,1-3H3. The van der Waals surface area contributed by atoms with Crippen molar-refractivity contribution >= 4 is 11.6 Å². The Morgan fingerprint density at radius 1 is 1.39 bits per heavy atom. The van der Waals surface area contributed by atoms with Gasteiger partial charge >= 0.3 is 0 Å². The van der Waals surface area contributed by atoms with Gasteiger partial charge in [-0.05, 0) is 62.3 Å². The van der Waals surface area contributed by atoms with Crippen LogP contribution >= 0.6 is 11.6 Å². The second-order valence-corrected chi connectivity index (χ2v) is 6.58. The topological polar surface area (TPSA) is 12.0 Å². The van der Waals surface area contributed by atoms with Crippen molar-refractivity contribution in [1.29, 1.82) is 0 Å². The molecule has 0 bridgehead atoms. The van der Waals surface area contributed by atoms with Crippen LogP contribution in [0.1, 0.15) is 44.2 Å². The predicted molar refractivity (Wildman–Crippen MR) is 79.3 cm³/mol. The molecule has 1 aromatic carbocycles.